The summed E-state index contributed by atoms with van der Waals surface area (Å²) in [6, 6.07) is 25.3. The van der Waals surface area contributed by atoms with Gasteiger partial charge in [-0.25, -0.2) is 9.78 Å². The van der Waals surface area contributed by atoms with E-state index in [2.05, 4.69) is 80.8 Å². The molecule has 6 heteroatoms. The molecule has 0 bridgehead atoms. The molecule has 0 unspecified atom stereocenters. The summed E-state index contributed by atoms with van der Waals surface area (Å²) in [5.74, 6) is 0.884. The number of anilines is 2. The first kappa shape index (κ1) is 21.5. The number of hydrogen-bond acceptors (Lipinski definition) is 4. The van der Waals surface area contributed by atoms with Crippen LogP contribution in [0.25, 0.3) is 0 Å². The highest BCUT2D eigenvalue weighted by atomic mass is 16.2. The summed E-state index contributed by atoms with van der Waals surface area (Å²) in [5.41, 5.74) is 3.37. The molecule has 1 aromatic heterocycles. The smallest absolute Gasteiger partial charge is 0.322 e. The highest BCUT2D eigenvalue weighted by molar-refractivity contribution is 5.92. The van der Waals surface area contributed by atoms with Crippen molar-refractivity contribution in [3.8, 4) is 0 Å². The lowest BCUT2D eigenvalue weighted by Gasteiger charge is -2.39. The standard InChI is InChI=1S/C27H31N5O/c33-27(29-24-14-9-15-28-26(24)31-16-7-8-17-31)32-20-18-30(19-21-32)25(22-10-3-1-4-11-22)23-12-5-2-6-13-23/h1-6,9-15,25H,7-8,16-21H2,(H,29,33). The third kappa shape index (κ3) is 4.86. The number of rotatable bonds is 5. The van der Waals surface area contributed by atoms with Gasteiger partial charge in [-0.2, -0.15) is 0 Å². The number of nitrogens with one attached hydrogen (secondary N) is 1. The lowest BCUT2D eigenvalue weighted by Crippen LogP contribution is -2.51. The molecule has 33 heavy (non-hydrogen) atoms. The van der Waals surface area contributed by atoms with Crippen LogP contribution in [-0.4, -0.2) is 60.1 Å². The SMILES string of the molecule is O=C(Nc1cccnc1N1CCCC1)N1CCN(C(c2ccccc2)c2ccccc2)CC1. The molecule has 6 nitrogen and oxygen atoms in total. The third-order valence-electron chi connectivity index (χ3n) is 6.63. The van der Waals surface area contributed by atoms with Crippen molar-refractivity contribution in [2.75, 3.05) is 49.5 Å². The Balaban J connectivity index is 1.26. The number of nitrogens with zero attached hydrogens (tertiary/aromatic N) is 4. The van der Waals surface area contributed by atoms with Gasteiger partial charge >= 0.3 is 6.03 Å². The minimum absolute atomic E-state index is 0.0425. The Bertz CT molecular complexity index is 1000. The number of carbonyl (C=O) groups excluding carboxylic acids is 1. The van der Waals surface area contributed by atoms with Crippen molar-refractivity contribution in [1.29, 1.82) is 0 Å². The molecule has 2 aromatic carbocycles. The number of urea groups is 1. The molecular weight excluding hydrogens is 410 g/mol. The van der Waals surface area contributed by atoms with Gasteiger partial charge in [0.1, 0.15) is 0 Å². The monoisotopic (exact) mass is 441 g/mol. The largest absolute Gasteiger partial charge is 0.355 e. The van der Waals surface area contributed by atoms with Gasteiger partial charge in [-0.15, -0.1) is 0 Å². The first-order chi connectivity index (χ1) is 16.3. The summed E-state index contributed by atoms with van der Waals surface area (Å²) in [5, 5.41) is 3.13. The van der Waals surface area contributed by atoms with Gasteiger partial charge in [0.25, 0.3) is 0 Å². The van der Waals surface area contributed by atoms with E-state index in [1.54, 1.807) is 6.20 Å². The molecule has 0 saturated carbocycles. The Morgan fingerprint density at radius 3 is 1.97 bits per heavy atom. The maximum absolute atomic E-state index is 13.1. The van der Waals surface area contributed by atoms with Crippen molar-refractivity contribution in [2.45, 2.75) is 18.9 Å². The van der Waals surface area contributed by atoms with E-state index in [0.717, 1.165) is 37.7 Å². The minimum atomic E-state index is -0.0425. The van der Waals surface area contributed by atoms with Crippen molar-refractivity contribution in [1.82, 2.24) is 14.8 Å². The van der Waals surface area contributed by atoms with E-state index in [4.69, 9.17) is 0 Å². The van der Waals surface area contributed by atoms with E-state index < -0.39 is 0 Å². The van der Waals surface area contributed by atoms with Crippen LogP contribution in [0.4, 0.5) is 16.3 Å². The van der Waals surface area contributed by atoms with E-state index in [1.807, 2.05) is 17.0 Å². The number of carbonyl (C=O) groups is 1. The van der Waals surface area contributed by atoms with Crippen LogP contribution in [0.15, 0.2) is 79.0 Å². The molecule has 1 N–H and O–H groups in total. The van der Waals surface area contributed by atoms with Gasteiger partial charge in [0, 0.05) is 45.5 Å². The van der Waals surface area contributed by atoms with Gasteiger partial charge in [-0.3, -0.25) is 4.90 Å². The highest BCUT2D eigenvalue weighted by Crippen LogP contribution is 2.30. The van der Waals surface area contributed by atoms with Crippen molar-refractivity contribution in [3.63, 3.8) is 0 Å². The fraction of sp³-hybridized carbons (Fsp3) is 0.333. The topological polar surface area (TPSA) is 51.7 Å². The first-order valence-corrected chi connectivity index (χ1v) is 11.9. The van der Waals surface area contributed by atoms with E-state index in [-0.39, 0.29) is 12.1 Å². The molecule has 0 spiro atoms. The maximum atomic E-state index is 13.1. The second-order valence-corrected chi connectivity index (χ2v) is 8.75. The Kier molecular flexibility index (Phi) is 6.53. The molecule has 0 aliphatic carbocycles. The summed E-state index contributed by atoms with van der Waals surface area (Å²) < 4.78 is 0. The van der Waals surface area contributed by atoms with Crippen LogP contribution in [0.5, 0.6) is 0 Å². The van der Waals surface area contributed by atoms with Crippen LogP contribution < -0.4 is 10.2 Å². The van der Waals surface area contributed by atoms with Gasteiger partial charge in [0.2, 0.25) is 0 Å². The molecule has 2 fully saturated rings. The normalized spacial score (nSPS) is 16.9. The molecule has 2 saturated heterocycles. The lowest BCUT2D eigenvalue weighted by molar-refractivity contribution is 0.126. The fourth-order valence-electron chi connectivity index (χ4n) is 4.94. The number of aromatic nitrogens is 1. The molecule has 5 rings (SSSR count). The second kappa shape index (κ2) is 10.0. The summed E-state index contributed by atoms with van der Waals surface area (Å²) >= 11 is 0. The molecule has 2 aliphatic heterocycles. The highest BCUT2D eigenvalue weighted by Gasteiger charge is 2.28. The maximum Gasteiger partial charge on any atom is 0.322 e. The molecule has 0 radical (unpaired) electrons. The van der Waals surface area contributed by atoms with E-state index in [9.17, 15) is 4.79 Å². The number of benzene rings is 2. The van der Waals surface area contributed by atoms with Gasteiger partial charge in [-0.05, 0) is 36.1 Å². The van der Waals surface area contributed by atoms with Crippen LogP contribution in [0.1, 0.15) is 30.0 Å². The van der Waals surface area contributed by atoms with Crippen molar-refractivity contribution in [3.05, 3.63) is 90.1 Å². The van der Waals surface area contributed by atoms with E-state index >= 15 is 0 Å². The minimum Gasteiger partial charge on any atom is -0.355 e. The number of piperazine rings is 1. The average molecular weight is 442 g/mol. The zero-order chi connectivity index (χ0) is 22.5. The van der Waals surface area contributed by atoms with Crippen LogP contribution in [0, 0.1) is 0 Å². The number of hydrogen-bond donors (Lipinski definition) is 1. The fourth-order valence-corrected chi connectivity index (χ4v) is 4.94. The second-order valence-electron chi connectivity index (χ2n) is 8.75. The average Bonchev–Trinajstić information content (AvgIpc) is 3.41. The summed E-state index contributed by atoms with van der Waals surface area (Å²) in [6.07, 6.45) is 4.15. The lowest BCUT2D eigenvalue weighted by atomic mass is 9.96. The van der Waals surface area contributed by atoms with E-state index in [0.29, 0.717) is 13.1 Å². The molecule has 0 atom stereocenters. The van der Waals surface area contributed by atoms with E-state index in [1.165, 1.54) is 24.0 Å². The Morgan fingerprint density at radius 2 is 1.36 bits per heavy atom. The molecular formula is C27H31N5O. The van der Waals surface area contributed by atoms with Gasteiger partial charge in [0.15, 0.2) is 5.82 Å². The Hall–Kier alpha value is -3.38. The van der Waals surface area contributed by atoms with Crippen molar-refractivity contribution in [2.24, 2.45) is 0 Å². The predicted molar refractivity (Wildman–Crippen MR) is 133 cm³/mol. The Labute approximate surface area is 195 Å². The van der Waals surface area contributed by atoms with Crippen molar-refractivity contribution >= 4 is 17.5 Å². The Morgan fingerprint density at radius 1 is 0.758 bits per heavy atom. The summed E-state index contributed by atoms with van der Waals surface area (Å²) in [7, 11) is 0. The summed E-state index contributed by atoms with van der Waals surface area (Å²) in [6.45, 7) is 5.04. The van der Waals surface area contributed by atoms with Gasteiger partial charge < -0.3 is 15.1 Å². The number of amides is 2. The van der Waals surface area contributed by atoms with Gasteiger partial charge in [0.05, 0.1) is 11.7 Å². The van der Waals surface area contributed by atoms with Crippen molar-refractivity contribution < 1.29 is 4.79 Å². The predicted octanol–water partition coefficient (Wildman–Crippen LogP) is 4.62. The molecule has 2 amide bonds. The molecule has 3 heterocycles. The van der Waals surface area contributed by atoms with Crippen LogP contribution in [0.2, 0.25) is 0 Å². The number of pyridine rings is 1. The molecule has 3 aromatic rings. The molecule has 2 aliphatic rings. The summed E-state index contributed by atoms with van der Waals surface area (Å²) in [4.78, 5) is 24.3. The third-order valence-corrected chi connectivity index (χ3v) is 6.63. The zero-order valence-corrected chi connectivity index (χ0v) is 18.9. The molecule has 170 valence electrons. The zero-order valence-electron chi connectivity index (χ0n) is 18.9. The van der Waals surface area contributed by atoms with Gasteiger partial charge in [-0.1, -0.05) is 60.7 Å². The van der Waals surface area contributed by atoms with Crippen LogP contribution in [0.3, 0.4) is 0 Å². The quantitative estimate of drug-likeness (QED) is 0.628. The van der Waals surface area contributed by atoms with Crippen LogP contribution in [-0.2, 0) is 0 Å². The van der Waals surface area contributed by atoms with Crippen LogP contribution >= 0.6 is 0 Å². The first-order valence-electron chi connectivity index (χ1n) is 11.9.